The van der Waals surface area contributed by atoms with Crippen LogP contribution in [0.5, 0.6) is 0 Å². The second-order valence-electron chi connectivity index (χ2n) is 4.75. The first-order valence-corrected chi connectivity index (χ1v) is 5.46. The van der Waals surface area contributed by atoms with E-state index in [0.29, 0.717) is 5.92 Å². The Morgan fingerprint density at radius 1 is 1.36 bits per heavy atom. The highest BCUT2D eigenvalue weighted by Crippen LogP contribution is 2.38. The number of H-pyrrole nitrogens is 1. The Morgan fingerprint density at radius 2 is 2.07 bits per heavy atom. The Bertz CT molecular complexity index is 369. The van der Waals surface area contributed by atoms with Gasteiger partial charge in [-0.25, -0.2) is 0 Å². The van der Waals surface area contributed by atoms with E-state index in [1.165, 1.54) is 28.9 Å². The number of aryl methyl sites for hydroxylation is 1. The van der Waals surface area contributed by atoms with E-state index in [4.69, 9.17) is 0 Å². The fourth-order valence-corrected chi connectivity index (χ4v) is 2.37. The molecular weight excluding hydrogens is 170 g/mol. The molecule has 1 heteroatoms. The van der Waals surface area contributed by atoms with Gasteiger partial charge < -0.3 is 4.98 Å². The number of hydrogen-bond acceptors (Lipinski definition) is 0. The summed E-state index contributed by atoms with van der Waals surface area (Å²) in [5, 5.41) is 0. The van der Waals surface area contributed by atoms with Crippen LogP contribution in [0.4, 0.5) is 0 Å². The van der Waals surface area contributed by atoms with Crippen molar-refractivity contribution in [2.24, 2.45) is 5.92 Å². The summed E-state index contributed by atoms with van der Waals surface area (Å²) in [6.07, 6.45) is 3.57. The molecule has 14 heavy (non-hydrogen) atoms. The SMILES string of the molecule is CC1=CCC(C(C)C)c2[nH]c(C)cc21. The van der Waals surface area contributed by atoms with E-state index in [1.807, 2.05) is 0 Å². The molecule has 1 aromatic rings. The molecule has 1 unspecified atom stereocenters. The monoisotopic (exact) mass is 189 g/mol. The van der Waals surface area contributed by atoms with E-state index in [9.17, 15) is 0 Å². The first-order valence-electron chi connectivity index (χ1n) is 5.46. The van der Waals surface area contributed by atoms with E-state index in [-0.39, 0.29) is 0 Å². The van der Waals surface area contributed by atoms with Gasteiger partial charge in [0.2, 0.25) is 0 Å². The van der Waals surface area contributed by atoms with E-state index in [0.717, 1.165) is 5.92 Å². The number of allylic oxidation sites excluding steroid dienone is 2. The molecule has 2 rings (SSSR count). The highest BCUT2D eigenvalue weighted by Gasteiger charge is 2.23. The topological polar surface area (TPSA) is 15.8 Å². The van der Waals surface area contributed by atoms with Crippen molar-refractivity contribution in [1.82, 2.24) is 4.98 Å². The van der Waals surface area contributed by atoms with Crippen LogP contribution >= 0.6 is 0 Å². The Balaban J connectivity index is 2.48. The number of hydrogen-bond donors (Lipinski definition) is 1. The summed E-state index contributed by atoms with van der Waals surface area (Å²) >= 11 is 0. The quantitative estimate of drug-likeness (QED) is 0.690. The summed E-state index contributed by atoms with van der Waals surface area (Å²) in [5.41, 5.74) is 5.61. The van der Waals surface area contributed by atoms with Crippen molar-refractivity contribution in [1.29, 1.82) is 0 Å². The van der Waals surface area contributed by atoms with Crippen LogP contribution in [-0.2, 0) is 0 Å². The average Bonchev–Trinajstić information content (AvgIpc) is 2.47. The molecule has 0 spiro atoms. The lowest BCUT2D eigenvalue weighted by Crippen LogP contribution is -2.11. The summed E-state index contributed by atoms with van der Waals surface area (Å²) in [6.45, 7) is 8.96. The van der Waals surface area contributed by atoms with Crippen LogP contribution in [0, 0.1) is 12.8 Å². The van der Waals surface area contributed by atoms with Gasteiger partial charge in [0.1, 0.15) is 0 Å². The highest BCUT2D eigenvalue weighted by atomic mass is 14.7. The van der Waals surface area contributed by atoms with Gasteiger partial charge in [-0.15, -0.1) is 0 Å². The molecule has 0 radical (unpaired) electrons. The highest BCUT2D eigenvalue weighted by molar-refractivity contribution is 5.69. The molecule has 76 valence electrons. The summed E-state index contributed by atoms with van der Waals surface area (Å²) < 4.78 is 0. The largest absolute Gasteiger partial charge is 0.362 e. The van der Waals surface area contributed by atoms with Gasteiger partial charge in [-0.05, 0) is 43.4 Å². The molecule has 0 aliphatic heterocycles. The minimum Gasteiger partial charge on any atom is -0.362 e. The molecule has 1 aromatic heterocycles. The lowest BCUT2D eigenvalue weighted by molar-refractivity contribution is 0.489. The van der Waals surface area contributed by atoms with Gasteiger partial charge >= 0.3 is 0 Å². The molecule has 0 fully saturated rings. The zero-order valence-corrected chi connectivity index (χ0v) is 9.52. The average molecular weight is 189 g/mol. The van der Waals surface area contributed by atoms with Gasteiger partial charge in [-0.3, -0.25) is 0 Å². The number of aromatic nitrogens is 1. The van der Waals surface area contributed by atoms with Crippen molar-refractivity contribution in [2.45, 2.75) is 40.0 Å². The number of fused-ring (bicyclic) bond motifs is 1. The van der Waals surface area contributed by atoms with Crippen LogP contribution in [0.15, 0.2) is 12.1 Å². The fraction of sp³-hybridized carbons (Fsp3) is 0.538. The van der Waals surface area contributed by atoms with Gasteiger partial charge in [-0.1, -0.05) is 19.9 Å². The summed E-state index contributed by atoms with van der Waals surface area (Å²) in [4.78, 5) is 3.52. The standard InChI is InChI=1S/C13H19N/c1-8(2)11-6-5-9(3)12-7-10(4)14-13(11)12/h5,7-8,11,14H,6H2,1-4H3. The number of aromatic amines is 1. The van der Waals surface area contributed by atoms with E-state index in [1.54, 1.807) is 0 Å². The second-order valence-corrected chi connectivity index (χ2v) is 4.75. The first-order chi connectivity index (χ1) is 6.59. The van der Waals surface area contributed by atoms with Crippen LogP contribution in [-0.4, -0.2) is 4.98 Å². The summed E-state index contributed by atoms with van der Waals surface area (Å²) in [6, 6.07) is 2.27. The van der Waals surface area contributed by atoms with Crippen LogP contribution in [0.2, 0.25) is 0 Å². The lowest BCUT2D eigenvalue weighted by Gasteiger charge is -2.24. The molecule has 0 bridgehead atoms. The zero-order chi connectivity index (χ0) is 10.3. The maximum Gasteiger partial charge on any atom is 0.0262 e. The molecule has 1 aliphatic rings. The van der Waals surface area contributed by atoms with Gasteiger partial charge in [0.05, 0.1) is 0 Å². The van der Waals surface area contributed by atoms with Crippen molar-refractivity contribution in [3.8, 4) is 0 Å². The number of nitrogens with one attached hydrogen (secondary N) is 1. The van der Waals surface area contributed by atoms with Crippen molar-refractivity contribution in [2.75, 3.05) is 0 Å². The maximum atomic E-state index is 3.52. The predicted molar refractivity (Wildman–Crippen MR) is 61.4 cm³/mol. The summed E-state index contributed by atoms with van der Waals surface area (Å²) in [5.74, 6) is 1.40. The van der Waals surface area contributed by atoms with Gasteiger partial charge in [0, 0.05) is 17.3 Å². The van der Waals surface area contributed by atoms with Gasteiger partial charge in [0.15, 0.2) is 0 Å². The van der Waals surface area contributed by atoms with E-state index < -0.39 is 0 Å². The minimum absolute atomic E-state index is 0.683. The molecular formula is C13H19N. The van der Waals surface area contributed by atoms with E-state index >= 15 is 0 Å². The third-order valence-corrected chi connectivity index (χ3v) is 3.26. The molecule has 1 nitrogen and oxygen atoms in total. The van der Waals surface area contributed by atoms with Crippen molar-refractivity contribution in [3.05, 3.63) is 29.1 Å². The smallest absolute Gasteiger partial charge is 0.0262 e. The predicted octanol–water partition coefficient (Wildman–Crippen LogP) is 3.87. The lowest BCUT2D eigenvalue weighted by atomic mass is 9.82. The summed E-state index contributed by atoms with van der Waals surface area (Å²) in [7, 11) is 0. The van der Waals surface area contributed by atoms with Crippen LogP contribution < -0.4 is 0 Å². The first kappa shape index (κ1) is 9.57. The minimum atomic E-state index is 0.683. The third kappa shape index (κ3) is 1.41. The van der Waals surface area contributed by atoms with Crippen LogP contribution in [0.1, 0.15) is 50.1 Å². The van der Waals surface area contributed by atoms with Gasteiger partial charge in [-0.2, -0.15) is 0 Å². The van der Waals surface area contributed by atoms with Crippen molar-refractivity contribution < 1.29 is 0 Å². The van der Waals surface area contributed by atoms with Crippen molar-refractivity contribution in [3.63, 3.8) is 0 Å². The molecule has 0 saturated heterocycles. The molecule has 0 aromatic carbocycles. The molecule has 1 N–H and O–H groups in total. The zero-order valence-electron chi connectivity index (χ0n) is 9.52. The third-order valence-electron chi connectivity index (χ3n) is 3.26. The molecule has 0 amide bonds. The molecule has 1 aliphatic carbocycles. The molecule has 0 saturated carbocycles. The Kier molecular flexibility index (Phi) is 2.26. The van der Waals surface area contributed by atoms with Gasteiger partial charge in [0.25, 0.3) is 0 Å². The van der Waals surface area contributed by atoms with Crippen LogP contribution in [0.25, 0.3) is 5.57 Å². The Hall–Kier alpha value is -0.980. The molecule has 1 heterocycles. The van der Waals surface area contributed by atoms with Crippen molar-refractivity contribution >= 4 is 5.57 Å². The normalized spacial score (nSPS) is 20.9. The van der Waals surface area contributed by atoms with Crippen LogP contribution in [0.3, 0.4) is 0 Å². The Labute approximate surface area is 86.2 Å². The fourth-order valence-electron chi connectivity index (χ4n) is 2.37. The number of rotatable bonds is 1. The second kappa shape index (κ2) is 3.30. The Morgan fingerprint density at radius 3 is 2.71 bits per heavy atom. The maximum absolute atomic E-state index is 3.52. The molecule has 1 atom stereocenters. The van der Waals surface area contributed by atoms with E-state index in [2.05, 4.69) is 44.8 Å².